The fraction of sp³-hybridized carbons (Fsp3) is 0.333. The smallest absolute Gasteiger partial charge is 0.310 e. The van der Waals surface area contributed by atoms with Gasteiger partial charge in [-0.1, -0.05) is 42.5 Å². The van der Waals surface area contributed by atoms with Crippen molar-refractivity contribution in [2.45, 2.75) is 26.7 Å². The van der Waals surface area contributed by atoms with Crippen LogP contribution in [-0.2, 0) is 16.0 Å². The molecule has 4 heteroatoms. The van der Waals surface area contributed by atoms with E-state index in [9.17, 15) is 9.59 Å². The zero-order chi connectivity index (χ0) is 16.2. The van der Waals surface area contributed by atoms with Crippen LogP contribution in [0.25, 0.3) is 10.8 Å². The summed E-state index contributed by atoms with van der Waals surface area (Å²) >= 11 is 0. The van der Waals surface area contributed by atoms with Gasteiger partial charge in [-0.25, -0.2) is 0 Å². The average Bonchev–Trinajstić information content (AvgIpc) is 2.50. The highest BCUT2D eigenvalue weighted by Crippen LogP contribution is 2.17. The molecule has 2 aromatic rings. The zero-order valence-electron chi connectivity index (χ0n) is 12.9. The van der Waals surface area contributed by atoms with E-state index in [-0.39, 0.29) is 12.5 Å². The first-order valence-corrected chi connectivity index (χ1v) is 7.36. The van der Waals surface area contributed by atoms with Crippen LogP contribution in [-0.4, -0.2) is 23.5 Å². The first kappa shape index (κ1) is 16.0. The molecule has 2 aromatic carbocycles. The number of carboxylic acid groups (broad SMARTS) is 1. The van der Waals surface area contributed by atoms with Crippen molar-refractivity contribution in [3.63, 3.8) is 0 Å². The highest BCUT2D eigenvalue weighted by Gasteiger charge is 2.27. The topological polar surface area (TPSA) is 66.4 Å². The largest absolute Gasteiger partial charge is 0.481 e. The molecule has 0 aromatic heterocycles. The summed E-state index contributed by atoms with van der Waals surface area (Å²) in [5.74, 6) is -1.04. The molecule has 0 bridgehead atoms. The lowest BCUT2D eigenvalue weighted by Crippen LogP contribution is -2.38. The molecule has 2 rings (SSSR count). The number of amides is 1. The molecule has 22 heavy (non-hydrogen) atoms. The summed E-state index contributed by atoms with van der Waals surface area (Å²) in [7, 11) is 0. The van der Waals surface area contributed by atoms with Crippen molar-refractivity contribution < 1.29 is 14.7 Å². The van der Waals surface area contributed by atoms with E-state index in [2.05, 4.69) is 23.5 Å². The highest BCUT2D eigenvalue weighted by atomic mass is 16.4. The Labute approximate surface area is 130 Å². The summed E-state index contributed by atoms with van der Waals surface area (Å²) in [4.78, 5) is 22.8. The van der Waals surface area contributed by atoms with Crippen molar-refractivity contribution in [2.75, 3.05) is 6.54 Å². The lowest BCUT2D eigenvalue weighted by Gasteiger charge is -2.19. The number of benzene rings is 2. The molecule has 0 heterocycles. The summed E-state index contributed by atoms with van der Waals surface area (Å²) in [6.45, 7) is 3.33. The molecule has 0 fully saturated rings. The number of fused-ring (bicyclic) bond motifs is 1. The minimum Gasteiger partial charge on any atom is -0.481 e. The Balaban J connectivity index is 1.88. The van der Waals surface area contributed by atoms with Gasteiger partial charge in [0.1, 0.15) is 0 Å². The van der Waals surface area contributed by atoms with E-state index in [4.69, 9.17) is 5.11 Å². The lowest BCUT2D eigenvalue weighted by atomic mass is 9.94. The van der Waals surface area contributed by atoms with Gasteiger partial charge in [-0.15, -0.1) is 0 Å². The molecule has 0 saturated heterocycles. The van der Waals surface area contributed by atoms with Gasteiger partial charge in [0.25, 0.3) is 0 Å². The third kappa shape index (κ3) is 4.07. The molecule has 116 valence electrons. The van der Waals surface area contributed by atoms with Gasteiger partial charge in [0.15, 0.2) is 0 Å². The minimum atomic E-state index is -0.946. The van der Waals surface area contributed by atoms with E-state index in [1.165, 1.54) is 5.39 Å². The Bertz CT molecular complexity index is 692. The normalized spacial score (nSPS) is 11.4. The van der Waals surface area contributed by atoms with Gasteiger partial charge in [-0.3, -0.25) is 9.59 Å². The Hall–Kier alpha value is -2.36. The van der Waals surface area contributed by atoms with Crippen molar-refractivity contribution in [1.82, 2.24) is 5.32 Å². The molecule has 1 amide bonds. The standard InChI is InChI=1S/C18H21NO3/c1-18(2,17(21)22)12-19-16(20)10-8-13-7-9-14-5-3-4-6-15(14)11-13/h3-7,9,11H,8,10,12H2,1-2H3,(H,19,20)(H,21,22). The summed E-state index contributed by atoms with van der Waals surface area (Å²) in [5, 5.41) is 14.0. The molecule has 0 aliphatic rings. The van der Waals surface area contributed by atoms with E-state index in [0.717, 1.165) is 10.9 Å². The van der Waals surface area contributed by atoms with Crippen molar-refractivity contribution in [2.24, 2.45) is 5.41 Å². The van der Waals surface area contributed by atoms with Crippen LogP contribution in [0.15, 0.2) is 42.5 Å². The third-order valence-electron chi connectivity index (χ3n) is 3.76. The number of carboxylic acids is 1. The van der Waals surface area contributed by atoms with Crippen molar-refractivity contribution in [1.29, 1.82) is 0 Å². The number of carbonyl (C=O) groups is 2. The van der Waals surface area contributed by atoms with Crippen molar-refractivity contribution in [3.8, 4) is 0 Å². The van der Waals surface area contributed by atoms with E-state index >= 15 is 0 Å². The summed E-state index contributed by atoms with van der Waals surface area (Å²) < 4.78 is 0. The van der Waals surface area contributed by atoms with Gasteiger partial charge in [-0.2, -0.15) is 0 Å². The maximum atomic E-state index is 11.8. The van der Waals surface area contributed by atoms with Crippen LogP contribution in [0.3, 0.4) is 0 Å². The second-order valence-electron chi connectivity index (χ2n) is 6.15. The van der Waals surface area contributed by atoms with Crippen LogP contribution in [0.4, 0.5) is 0 Å². The summed E-state index contributed by atoms with van der Waals surface area (Å²) in [6.07, 6.45) is 0.998. The summed E-state index contributed by atoms with van der Waals surface area (Å²) in [6, 6.07) is 14.3. The van der Waals surface area contributed by atoms with Crippen molar-refractivity contribution in [3.05, 3.63) is 48.0 Å². The predicted molar refractivity (Wildman–Crippen MR) is 86.7 cm³/mol. The molecule has 0 spiro atoms. The second kappa shape index (κ2) is 6.60. The molecule has 0 saturated carbocycles. The van der Waals surface area contributed by atoms with E-state index in [0.29, 0.717) is 12.8 Å². The second-order valence-corrected chi connectivity index (χ2v) is 6.15. The Kier molecular flexibility index (Phi) is 4.81. The third-order valence-corrected chi connectivity index (χ3v) is 3.76. The molecule has 2 N–H and O–H groups in total. The first-order valence-electron chi connectivity index (χ1n) is 7.36. The fourth-order valence-electron chi connectivity index (χ4n) is 2.14. The maximum Gasteiger partial charge on any atom is 0.310 e. The molecule has 0 aliphatic heterocycles. The zero-order valence-corrected chi connectivity index (χ0v) is 12.9. The molecule has 0 radical (unpaired) electrons. The molecule has 4 nitrogen and oxygen atoms in total. The molecule has 0 unspecified atom stereocenters. The lowest BCUT2D eigenvalue weighted by molar-refractivity contribution is -0.146. The van der Waals surface area contributed by atoms with Crippen LogP contribution in [0.1, 0.15) is 25.8 Å². The van der Waals surface area contributed by atoms with Gasteiger partial charge in [0.2, 0.25) is 5.91 Å². The van der Waals surface area contributed by atoms with Gasteiger partial charge < -0.3 is 10.4 Å². The molecular weight excluding hydrogens is 278 g/mol. The Morgan fingerprint density at radius 1 is 1.09 bits per heavy atom. The number of rotatable bonds is 6. The number of nitrogens with one attached hydrogen (secondary N) is 1. The fourth-order valence-corrected chi connectivity index (χ4v) is 2.14. The maximum absolute atomic E-state index is 11.8. The number of carbonyl (C=O) groups excluding carboxylic acids is 1. The number of aryl methyl sites for hydroxylation is 1. The monoisotopic (exact) mass is 299 g/mol. The Morgan fingerprint density at radius 2 is 1.77 bits per heavy atom. The van der Waals surface area contributed by atoms with Gasteiger partial charge in [0, 0.05) is 13.0 Å². The predicted octanol–water partition coefficient (Wildman–Crippen LogP) is 3.00. The quantitative estimate of drug-likeness (QED) is 0.861. The molecular formula is C18H21NO3. The van der Waals surface area contributed by atoms with E-state index in [1.807, 2.05) is 24.3 Å². The van der Waals surface area contributed by atoms with Crippen LogP contribution in [0, 0.1) is 5.41 Å². The number of hydrogen-bond acceptors (Lipinski definition) is 2. The van der Waals surface area contributed by atoms with Crippen molar-refractivity contribution >= 4 is 22.6 Å². The van der Waals surface area contributed by atoms with Crippen LogP contribution >= 0.6 is 0 Å². The molecule has 0 aliphatic carbocycles. The van der Waals surface area contributed by atoms with Gasteiger partial charge >= 0.3 is 5.97 Å². The van der Waals surface area contributed by atoms with Crippen LogP contribution < -0.4 is 5.32 Å². The van der Waals surface area contributed by atoms with E-state index < -0.39 is 11.4 Å². The van der Waals surface area contributed by atoms with Crippen LogP contribution in [0.2, 0.25) is 0 Å². The number of aliphatic carboxylic acids is 1. The summed E-state index contributed by atoms with van der Waals surface area (Å²) in [5.41, 5.74) is 0.157. The van der Waals surface area contributed by atoms with E-state index in [1.54, 1.807) is 13.8 Å². The Morgan fingerprint density at radius 3 is 2.45 bits per heavy atom. The average molecular weight is 299 g/mol. The SMILES string of the molecule is CC(C)(CNC(=O)CCc1ccc2ccccc2c1)C(=O)O. The van der Waals surface area contributed by atoms with Crippen LogP contribution in [0.5, 0.6) is 0 Å². The minimum absolute atomic E-state index is 0.123. The van der Waals surface area contributed by atoms with Gasteiger partial charge in [-0.05, 0) is 36.6 Å². The van der Waals surface area contributed by atoms with Gasteiger partial charge in [0.05, 0.1) is 5.41 Å². The highest BCUT2D eigenvalue weighted by molar-refractivity contribution is 5.83. The molecule has 0 atom stereocenters. The number of hydrogen-bond donors (Lipinski definition) is 2. The first-order chi connectivity index (χ1) is 10.4.